The van der Waals surface area contributed by atoms with Crippen molar-refractivity contribution in [3.63, 3.8) is 0 Å². The summed E-state index contributed by atoms with van der Waals surface area (Å²) in [6.07, 6.45) is 9.62. The van der Waals surface area contributed by atoms with Crippen molar-refractivity contribution < 1.29 is 9.52 Å². The third-order valence-electron chi connectivity index (χ3n) is 4.72. The molecule has 0 bridgehead atoms. The molecule has 0 spiro atoms. The van der Waals surface area contributed by atoms with Gasteiger partial charge in [0.15, 0.2) is 5.96 Å². The first-order valence-electron chi connectivity index (χ1n) is 8.93. The third-order valence-corrected chi connectivity index (χ3v) is 4.72. The van der Waals surface area contributed by atoms with Gasteiger partial charge in [0, 0.05) is 32.7 Å². The van der Waals surface area contributed by atoms with Crippen molar-refractivity contribution >= 4 is 5.96 Å². The largest absolute Gasteiger partial charge is 0.469 e. The van der Waals surface area contributed by atoms with Gasteiger partial charge in [0.2, 0.25) is 0 Å². The molecule has 0 amide bonds. The summed E-state index contributed by atoms with van der Waals surface area (Å²) in [5, 5.41) is 16.1. The number of guanidine groups is 1. The van der Waals surface area contributed by atoms with Crippen LogP contribution in [0.4, 0.5) is 0 Å². The number of nitrogens with one attached hydrogen (secondary N) is 2. The fourth-order valence-electron chi connectivity index (χ4n) is 3.37. The number of hydrogen-bond donors (Lipinski definition) is 3. The van der Waals surface area contributed by atoms with Crippen molar-refractivity contribution in [1.82, 2.24) is 10.6 Å². The van der Waals surface area contributed by atoms with E-state index in [1.165, 1.54) is 32.1 Å². The molecule has 1 fully saturated rings. The first-order chi connectivity index (χ1) is 11.3. The second-order valence-electron chi connectivity index (χ2n) is 6.49. The monoisotopic (exact) mass is 321 g/mol. The summed E-state index contributed by atoms with van der Waals surface area (Å²) in [4.78, 5) is 4.80. The van der Waals surface area contributed by atoms with Crippen LogP contribution in [0.3, 0.4) is 0 Å². The highest BCUT2D eigenvalue weighted by molar-refractivity contribution is 5.79. The van der Waals surface area contributed by atoms with Gasteiger partial charge >= 0.3 is 0 Å². The Kier molecular flexibility index (Phi) is 7.46. The third kappa shape index (κ3) is 5.90. The second kappa shape index (κ2) is 9.60. The van der Waals surface area contributed by atoms with E-state index in [-0.39, 0.29) is 12.0 Å². The van der Waals surface area contributed by atoms with Crippen LogP contribution in [0.2, 0.25) is 0 Å². The summed E-state index contributed by atoms with van der Waals surface area (Å²) in [5.74, 6) is 1.85. The average Bonchev–Trinajstić information content (AvgIpc) is 3.07. The molecule has 5 heteroatoms. The minimum atomic E-state index is 0.191. The van der Waals surface area contributed by atoms with Crippen LogP contribution in [-0.4, -0.2) is 37.3 Å². The Morgan fingerprint density at radius 1 is 1.30 bits per heavy atom. The lowest BCUT2D eigenvalue weighted by Crippen LogP contribution is -2.40. The maximum Gasteiger partial charge on any atom is 0.191 e. The van der Waals surface area contributed by atoms with E-state index in [0.717, 1.165) is 44.2 Å². The van der Waals surface area contributed by atoms with E-state index >= 15 is 0 Å². The molecule has 0 saturated heterocycles. The van der Waals surface area contributed by atoms with E-state index in [9.17, 15) is 5.11 Å². The molecule has 1 aromatic rings. The summed E-state index contributed by atoms with van der Waals surface area (Å²) in [5.41, 5.74) is 0.191. The smallest absolute Gasteiger partial charge is 0.191 e. The van der Waals surface area contributed by atoms with Crippen molar-refractivity contribution in [1.29, 1.82) is 0 Å². The van der Waals surface area contributed by atoms with Gasteiger partial charge in [-0.1, -0.05) is 19.3 Å². The number of rotatable bonds is 8. The first kappa shape index (κ1) is 17.9. The molecule has 1 aliphatic rings. The molecule has 5 nitrogen and oxygen atoms in total. The van der Waals surface area contributed by atoms with Crippen LogP contribution in [0.25, 0.3) is 0 Å². The van der Waals surface area contributed by atoms with Crippen LogP contribution < -0.4 is 10.6 Å². The normalized spacial score (nSPS) is 17.9. The lowest BCUT2D eigenvalue weighted by Gasteiger charge is -2.35. The van der Waals surface area contributed by atoms with E-state index in [1.807, 2.05) is 12.1 Å². The van der Waals surface area contributed by atoms with E-state index in [1.54, 1.807) is 6.26 Å². The van der Waals surface area contributed by atoms with Crippen molar-refractivity contribution in [2.24, 2.45) is 10.4 Å². The molecular weight excluding hydrogens is 290 g/mol. The minimum Gasteiger partial charge on any atom is -0.469 e. The quantitative estimate of drug-likeness (QED) is 0.508. The Labute approximate surface area is 139 Å². The van der Waals surface area contributed by atoms with Crippen LogP contribution in [0, 0.1) is 5.41 Å². The molecule has 0 radical (unpaired) electrons. The zero-order chi connectivity index (χ0) is 16.4. The van der Waals surface area contributed by atoms with Crippen LogP contribution in [0.15, 0.2) is 27.8 Å². The summed E-state index contributed by atoms with van der Waals surface area (Å²) in [6, 6.07) is 3.90. The number of aliphatic imine (C=N–C) groups is 1. The summed E-state index contributed by atoms with van der Waals surface area (Å²) < 4.78 is 5.35. The highest BCUT2D eigenvalue weighted by Gasteiger charge is 2.31. The number of furan rings is 1. The van der Waals surface area contributed by atoms with Gasteiger partial charge in [0.05, 0.1) is 6.26 Å². The SMILES string of the molecule is CCNC(=NCC1(CCO)CCCCC1)NCCc1ccco1. The van der Waals surface area contributed by atoms with Crippen molar-refractivity contribution in [2.45, 2.75) is 51.9 Å². The Hall–Kier alpha value is -1.49. The predicted molar refractivity (Wildman–Crippen MR) is 93.6 cm³/mol. The van der Waals surface area contributed by atoms with Crippen LogP contribution in [0.5, 0.6) is 0 Å². The van der Waals surface area contributed by atoms with E-state index in [4.69, 9.17) is 9.41 Å². The van der Waals surface area contributed by atoms with Crippen LogP contribution in [-0.2, 0) is 6.42 Å². The molecule has 0 atom stereocenters. The van der Waals surface area contributed by atoms with Gasteiger partial charge in [0.25, 0.3) is 0 Å². The highest BCUT2D eigenvalue weighted by atomic mass is 16.3. The zero-order valence-corrected chi connectivity index (χ0v) is 14.3. The lowest BCUT2D eigenvalue weighted by molar-refractivity contribution is 0.137. The predicted octanol–water partition coefficient (Wildman–Crippen LogP) is 2.71. The number of hydrogen-bond acceptors (Lipinski definition) is 3. The van der Waals surface area contributed by atoms with E-state index in [2.05, 4.69) is 17.6 Å². The van der Waals surface area contributed by atoms with Gasteiger partial charge in [-0.2, -0.15) is 0 Å². The fourth-order valence-corrected chi connectivity index (χ4v) is 3.37. The van der Waals surface area contributed by atoms with E-state index < -0.39 is 0 Å². The standard InChI is InChI=1S/C18H31N3O2/c1-2-19-17(20-12-8-16-7-6-14-23-16)21-15-18(11-13-22)9-4-3-5-10-18/h6-7,14,22H,2-5,8-13,15H2,1H3,(H2,19,20,21). The second-order valence-corrected chi connectivity index (χ2v) is 6.49. The Bertz CT molecular complexity index is 445. The fraction of sp³-hybridized carbons (Fsp3) is 0.722. The van der Waals surface area contributed by atoms with Gasteiger partial charge < -0.3 is 20.2 Å². The number of nitrogens with zero attached hydrogens (tertiary/aromatic N) is 1. The van der Waals surface area contributed by atoms with Gasteiger partial charge in [0.1, 0.15) is 5.76 Å². The Morgan fingerprint density at radius 3 is 2.78 bits per heavy atom. The molecule has 0 aromatic carbocycles. The maximum atomic E-state index is 9.41. The molecule has 130 valence electrons. The number of aliphatic hydroxyl groups is 1. The summed E-state index contributed by atoms with van der Waals surface area (Å²) in [7, 11) is 0. The number of aliphatic hydroxyl groups excluding tert-OH is 1. The Balaban J connectivity index is 1.87. The van der Waals surface area contributed by atoms with Crippen molar-refractivity contribution in [3.05, 3.63) is 24.2 Å². The van der Waals surface area contributed by atoms with Crippen LogP contribution in [0.1, 0.15) is 51.2 Å². The summed E-state index contributed by atoms with van der Waals surface area (Å²) in [6.45, 7) is 4.78. The Morgan fingerprint density at radius 2 is 2.13 bits per heavy atom. The molecular formula is C18H31N3O2. The zero-order valence-electron chi connectivity index (χ0n) is 14.3. The molecule has 1 saturated carbocycles. The molecule has 2 rings (SSSR count). The average molecular weight is 321 g/mol. The molecule has 1 aromatic heterocycles. The first-order valence-corrected chi connectivity index (χ1v) is 8.93. The molecule has 0 aliphatic heterocycles. The molecule has 1 heterocycles. The molecule has 23 heavy (non-hydrogen) atoms. The van der Waals surface area contributed by atoms with Crippen molar-refractivity contribution in [3.8, 4) is 0 Å². The van der Waals surface area contributed by atoms with E-state index in [0.29, 0.717) is 0 Å². The molecule has 3 N–H and O–H groups in total. The lowest BCUT2D eigenvalue weighted by atomic mass is 9.72. The highest BCUT2D eigenvalue weighted by Crippen LogP contribution is 2.39. The minimum absolute atomic E-state index is 0.191. The summed E-state index contributed by atoms with van der Waals surface area (Å²) >= 11 is 0. The molecule has 0 unspecified atom stereocenters. The molecule has 1 aliphatic carbocycles. The topological polar surface area (TPSA) is 69.8 Å². The van der Waals surface area contributed by atoms with Crippen LogP contribution >= 0.6 is 0 Å². The van der Waals surface area contributed by atoms with Gasteiger partial charge in [-0.25, -0.2) is 0 Å². The maximum absolute atomic E-state index is 9.41. The van der Waals surface area contributed by atoms with Gasteiger partial charge in [-0.3, -0.25) is 4.99 Å². The van der Waals surface area contributed by atoms with Crippen molar-refractivity contribution in [2.75, 3.05) is 26.2 Å². The van der Waals surface area contributed by atoms with Gasteiger partial charge in [-0.05, 0) is 43.7 Å². The van der Waals surface area contributed by atoms with Gasteiger partial charge in [-0.15, -0.1) is 0 Å².